The fourth-order valence-electron chi connectivity index (χ4n) is 2.04. The Labute approximate surface area is 123 Å². The number of aliphatic carboxylic acids is 1. The molecule has 1 heterocycles. The van der Waals surface area contributed by atoms with Gasteiger partial charge < -0.3 is 10.4 Å². The van der Waals surface area contributed by atoms with Crippen molar-refractivity contribution < 1.29 is 14.7 Å². The third kappa shape index (κ3) is 6.02. The largest absolute Gasteiger partial charge is 0.481 e. The lowest BCUT2D eigenvalue weighted by atomic mass is 9.94. The molecule has 1 atom stereocenters. The van der Waals surface area contributed by atoms with E-state index in [0.29, 0.717) is 18.0 Å². The van der Waals surface area contributed by atoms with Gasteiger partial charge in [0.25, 0.3) is 5.91 Å². The van der Waals surface area contributed by atoms with Crippen molar-refractivity contribution >= 4 is 23.5 Å². The number of hydrogen-bond donors (Lipinski definition) is 2. The number of nitrogens with one attached hydrogen (secondary N) is 1. The van der Waals surface area contributed by atoms with Gasteiger partial charge >= 0.3 is 5.97 Å². The van der Waals surface area contributed by atoms with Gasteiger partial charge in [-0.1, -0.05) is 25.4 Å². The molecule has 0 aliphatic heterocycles. The van der Waals surface area contributed by atoms with Crippen LogP contribution >= 0.6 is 11.6 Å². The Bertz CT molecular complexity index is 477. The Morgan fingerprint density at radius 3 is 2.70 bits per heavy atom. The summed E-state index contributed by atoms with van der Waals surface area (Å²) in [5.74, 6) is -0.814. The van der Waals surface area contributed by atoms with Crippen molar-refractivity contribution in [2.45, 2.75) is 26.7 Å². The standard InChI is InChI=1S/C14H19ClN2O3/c1-9(2)5-10(6-13(18)19)8-17-14(20)11-3-4-16-12(15)7-11/h3-4,7,9-10H,5-6,8H2,1-2H3,(H,17,20)(H,18,19)/t10-/m0/s1. The van der Waals surface area contributed by atoms with Crippen molar-refractivity contribution in [3.63, 3.8) is 0 Å². The van der Waals surface area contributed by atoms with Gasteiger partial charge in [-0.3, -0.25) is 9.59 Å². The van der Waals surface area contributed by atoms with Crippen LogP contribution in [0.2, 0.25) is 5.15 Å². The number of rotatable bonds is 7. The first-order chi connectivity index (χ1) is 9.38. The first-order valence-electron chi connectivity index (χ1n) is 6.50. The average Bonchev–Trinajstić information content (AvgIpc) is 2.34. The second-order valence-corrected chi connectivity index (χ2v) is 5.56. The number of carbonyl (C=O) groups is 2. The number of aromatic nitrogens is 1. The lowest BCUT2D eigenvalue weighted by Crippen LogP contribution is -2.31. The highest BCUT2D eigenvalue weighted by Crippen LogP contribution is 2.15. The van der Waals surface area contributed by atoms with E-state index in [0.717, 1.165) is 6.42 Å². The third-order valence-electron chi connectivity index (χ3n) is 2.81. The molecular weight excluding hydrogens is 280 g/mol. The van der Waals surface area contributed by atoms with Crippen LogP contribution in [0.3, 0.4) is 0 Å². The van der Waals surface area contributed by atoms with E-state index in [1.54, 1.807) is 6.07 Å². The van der Waals surface area contributed by atoms with Crippen molar-refractivity contribution in [2.75, 3.05) is 6.54 Å². The smallest absolute Gasteiger partial charge is 0.303 e. The summed E-state index contributed by atoms with van der Waals surface area (Å²) >= 11 is 5.72. The second-order valence-electron chi connectivity index (χ2n) is 5.17. The lowest BCUT2D eigenvalue weighted by molar-refractivity contribution is -0.138. The Kier molecular flexibility index (Phi) is 6.45. The molecule has 0 radical (unpaired) electrons. The van der Waals surface area contributed by atoms with Gasteiger partial charge in [-0.25, -0.2) is 4.98 Å². The van der Waals surface area contributed by atoms with Crippen molar-refractivity contribution in [1.82, 2.24) is 10.3 Å². The maximum atomic E-state index is 11.9. The minimum atomic E-state index is -0.850. The zero-order chi connectivity index (χ0) is 15.1. The molecule has 1 rings (SSSR count). The lowest BCUT2D eigenvalue weighted by Gasteiger charge is -2.17. The van der Waals surface area contributed by atoms with Gasteiger partial charge in [0.05, 0.1) is 0 Å². The topological polar surface area (TPSA) is 79.3 Å². The van der Waals surface area contributed by atoms with Crippen LogP contribution in [0.1, 0.15) is 37.0 Å². The maximum absolute atomic E-state index is 11.9. The number of carboxylic acid groups (broad SMARTS) is 1. The molecule has 110 valence electrons. The molecule has 1 aromatic rings. The predicted octanol–water partition coefficient (Wildman–Crippen LogP) is 2.60. The minimum Gasteiger partial charge on any atom is -0.481 e. The molecule has 1 aromatic heterocycles. The van der Waals surface area contributed by atoms with E-state index < -0.39 is 5.97 Å². The molecule has 0 fully saturated rings. The fraction of sp³-hybridized carbons (Fsp3) is 0.500. The molecule has 0 spiro atoms. The molecule has 2 N–H and O–H groups in total. The van der Waals surface area contributed by atoms with Crippen LogP contribution in [-0.4, -0.2) is 28.5 Å². The number of amides is 1. The van der Waals surface area contributed by atoms with E-state index in [1.165, 1.54) is 12.3 Å². The molecule has 0 aliphatic rings. The average molecular weight is 299 g/mol. The van der Waals surface area contributed by atoms with Crippen molar-refractivity contribution in [1.29, 1.82) is 0 Å². The van der Waals surface area contributed by atoms with Crippen LogP contribution in [0.5, 0.6) is 0 Å². The molecule has 5 nitrogen and oxygen atoms in total. The molecule has 0 unspecified atom stereocenters. The Morgan fingerprint density at radius 2 is 2.15 bits per heavy atom. The van der Waals surface area contributed by atoms with Crippen molar-refractivity contribution in [2.24, 2.45) is 11.8 Å². The molecule has 0 saturated carbocycles. The Balaban J connectivity index is 2.57. The second kappa shape index (κ2) is 7.85. The van der Waals surface area contributed by atoms with Crippen molar-refractivity contribution in [3.8, 4) is 0 Å². The molecule has 0 bridgehead atoms. The molecule has 0 aromatic carbocycles. The van der Waals surface area contributed by atoms with Gasteiger partial charge in [-0.05, 0) is 30.4 Å². The minimum absolute atomic E-state index is 0.0512. The highest BCUT2D eigenvalue weighted by atomic mass is 35.5. The fourth-order valence-corrected chi connectivity index (χ4v) is 2.21. The van der Waals surface area contributed by atoms with Gasteiger partial charge in [-0.2, -0.15) is 0 Å². The third-order valence-corrected chi connectivity index (χ3v) is 3.01. The number of halogens is 1. The number of carbonyl (C=O) groups excluding carboxylic acids is 1. The van der Waals surface area contributed by atoms with Crippen LogP contribution in [0, 0.1) is 11.8 Å². The number of nitrogens with zero attached hydrogens (tertiary/aromatic N) is 1. The molecule has 1 amide bonds. The summed E-state index contributed by atoms with van der Waals surface area (Å²) in [7, 11) is 0. The SMILES string of the molecule is CC(C)C[C@H](CNC(=O)c1ccnc(Cl)c1)CC(=O)O. The molecule has 20 heavy (non-hydrogen) atoms. The Hall–Kier alpha value is -1.62. The monoisotopic (exact) mass is 298 g/mol. The number of pyridine rings is 1. The molecular formula is C14H19ClN2O3. The first kappa shape index (κ1) is 16.4. The van der Waals surface area contributed by atoms with Crippen LogP contribution in [-0.2, 0) is 4.79 Å². The maximum Gasteiger partial charge on any atom is 0.303 e. The summed E-state index contributed by atoms with van der Waals surface area (Å²) in [6.07, 6.45) is 2.26. The quantitative estimate of drug-likeness (QED) is 0.758. The number of carboxylic acids is 1. The Morgan fingerprint density at radius 1 is 1.45 bits per heavy atom. The summed E-state index contributed by atoms with van der Waals surface area (Å²) in [6, 6.07) is 3.04. The highest BCUT2D eigenvalue weighted by molar-refractivity contribution is 6.29. The molecule has 0 saturated heterocycles. The van der Waals surface area contributed by atoms with Crippen LogP contribution in [0.4, 0.5) is 0 Å². The van der Waals surface area contributed by atoms with Gasteiger partial charge in [0.2, 0.25) is 0 Å². The van der Waals surface area contributed by atoms with Gasteiger partial charge in [0.1, 0.15) is 5.15 Å². The van der Waals surface area contributed by atoms with Crippen LogP contribution in [0.25, 0.3) is 0 Å². The van der Waals surface area contributed by atoms with E-state index in [9.17, 15) is 9.59 Å². The van der Waals surface area contributed by atoms with E-state index in [-0.39, 0.29) is 23.4 Å². The summed E-state index contributed by atoms with van der Waals surface area (Å²) in [6.45, 7) is 4.39. The zero-order valence-corrected chi connectivity index (χ0v) is 12.4. The predicted molar refractivity (Wildman–Crippen MR) is 76.8 cm³/mol. The highest BCUT2D eigenvalue weighted by Gasteiger charge is 2.16. The van der Waals surface area contributed by atoms with Crippen LogP contribution < -0.4 is 5.32 Å². The van der Waals surface area contributed by atoms with Crippen molar-refractivity contribution in [3.05, 3.63) is 29.0 Å². The number of hydrogen-bond acceptors (Lipinski definition) is 3. The van der Waals surface area contributed by atoms with Gasteiger partial charge in [0, 0.05) is 24.7 Å². The first-order valence-corrected chi connectivity index (χ1v) is 6.87. The van der Waals surface area contributed by atoms with E-state index in [1.807, 2.05) is 13.8 Å². The van der Waals surface area contributed by atoms with E-state index in [2.05, 4.69) is 10.3 Å². The van der Waals surface area contributed by atoms with Crippen LogP contribution in [0.15, 0.2) is 18.3 Å². The van der Waals surface area contributed by atoms with Gasteiger partial charge in [-0.15, -0.1) is 0 Å². The molecule has 6 heteroatoms. The van der Waals surface area contributed by atoms with E-state index in [4.69, 9.17) is 16.7 Å². The zero-order valence-electron chi connectivity index (χ0n) is 11.6. The van der Waals surface area contributed by atoms with E-state index >= 15 is 0 Å². The summed E-state index contributed by atoms with van der Waals surface area (Å²) in [5.41, 5.74) is 0.420. The normalized spacial score (nSPS) is 12.2. The summed E-state index contributed by atoms with van der Waals surface area (Å²) < 4.78 is 0. The van der Waals surface area contributed by atoms with Gasteiger partial charge in [0.15, 0.2) is 0 Å². The summed E-state index contributed by atoms with van der Waals surface area (Å²) in [5, 5.41) is 11.9. The summed E-state index contributed by atoms with van der Waals surface area (Å²) in [4.78, 5) is 26.5. The molecule has 0 aliphatic carbocycles.